The van der Waals surface area contributed by atoms with Crippen LogP contribution in [0.1, 0.15) is 17.5 Å². The van der Waals surface area contributed by atoms with Gasteiger partial charge < -0.3 is 45.1 Å². The number of halogens is 2. The quantitative estimate of drug-likeness (QED) is 0.140. The summed E-state index contributed by atoms with van der Waals surface area (Å²) < 4.78 is 0. The Kier molecular flexibility index (Phi) is 13.6. The maximum Gasteiger partial charge on any atom is 0 e. The molecule has 0 atom stereocenters. The molecule has 232 valence electrons. The first-order valence-electron chi connectivity index (χ1n) is 14.9. The molecule has 0 saturated heterocycles. The van der Waals surface area contributed by atoms with E-state index < -0.39 is 0 Å². The molecule has 0 aromatic heterocycles. The standard InChI is InChI=1S/2C20H15.C3H6.2ClH.Hf/c2*1-14-12-16-8-5-11-19(20(16)13-14)18-10-4-7-15-6-2-3-9-17(15)18;1-3-2;;;/h2*2-13H,1H3;1-3H2;2*1H;/q2*-1;-2;;;/p-2. The van der Waals surface area contributed by atoms with E-state index in [1.54, 1.807) is 0 Å². The maximum atomic E-state index is 3.38. The van der Waals surface area contributed by atoms with Crippen molar-refractivity contribution >= 4 is 43.1 Å². The molecule has 3 heteroatoms. The fraction of sp³-hybridized carbons (Fsp3) is 0.0698. The van der Waals surface area contributed by atoms with E-state index in [1.165, 1.54) is 76.5 Å². The molecule has 0 bridgehead atoms. The first kappa shape index (κ1) is 37.0. The van der Waals surface area contributed by atoms with Gasteiger partial charge in [0.25, 0.3) is 0 Å². The molecule has 0 spiro atoms. The van der Waals surface area contributed by atoms with Gasteiger partial charge in [0.15, 0.2) is 0 Å². The van der Waals surface area contributed by atoms with Crippen molar-refractivity contribution in [3.63, 3.8) is 0 Å². The minimum Gasteiger partial charge on any atom is -1.00 e. The molecule has 0 aliphatic carbocycles. The van der Waals surface area contributed by atoms with Crippen molar-refractivity contribution in [1.29, 1.82) is 0 Å². The minimum atomic E-state index is 0. The molecule has 8 aromatic rings. The molecule has 0 N–H and O–H groups in total. The predicted octanol–water partition coefficient (Wildman–Crippen LogP) is 6.42. The summed E-state index contributed by atoms with van der Waals surface area (Å²) in [6.45, 7) is 11.1. The van der Waals surface area contributed by atoms with E-state index in [0.29, 0.717) is 0 Å². The molecule has 8 aromatic carbocycles. The topological polar surface area (TPSA) is 0 Å². The van der Waals surface area contributed by atoms with Gasteiger partial charge in [0.05, 0.1) is 0 Å². The molecule has 0 aliphatic rings. The Morgan fingerprint density at radius 1 is 0.435 bits per heavy atom. The summed E-state index contributed by atoms with van der Waals surface area (Å²) in [5.74, 6) is 0. The molecule has 0 heterocycles. The van der Waals surface area contributed by atoms with Crippen molar-refractivity contribution in [3.05, 3.63) is 171 Å². The zero-order valence-electron chi connectivity index (χ0n) is 26.2. The molecular formula is C43H36Cl2Hf-6. The Morgan fingerprint density at radius 2 is 0.739 bits per heavy atom. The smallest absolute Gasteiger partial charge is 0 e. The number of fused-ring (bicyclic) bond motifs is 4. The van der Waals surface area contributed by atoms with Gasteiger partial charge in [-0.2, -0.15) is 12.1 Å². The number of aryl methyl sites for hydroxylation is 2. The van der Waals surface area contributed by atoms with Crippen molar-refractivity contribution in [2.45, 2.75) is 20.3 Å². The van der Waals surface area contributed by atoms with Crippen molar-refractivity contribution in [1.82, 2.24) is 0 Å². The average Bonchev–Trinajstić information content (AvgIpc) is 3.62. The van der Waals surface area contributed by atoms with Gasteiger partial charge >= 0.3 is 0 Å². The van der Waals surface area contributed by atoms with Gasteiger partial charge in [-0.3, -0.25) is 0 Å². The van der Waals surface area contributed by atoms with E-state index in [9.17, 15) is 0 Å². The Hall–Kier alpha value is -3.49. The predicted molar refractivity (Wildman–Crippen MR) is 190 cm³/mol. The second-order valence-corrected chi connectivity index (χ2v) is 11.1. The second-order valence-electron chi connectivity index (χ2n) is 11.1. The first-order valence-corrected chi connectivity index (χ1v) is 14.9. The van der Waals surface area contributed by atoms with E-state index in [0.717, 1.165) is 6.42 Å². The molecule has 0 unspecified atom stereocenters. The SMILES string of the molecule is Cc1cc2c(-c3cccc4ccccc34)cccc2[cH-]1.Cc1cc2c(-c3cccc4ccccc34)cccc2[cH-]1.[CH2-]C[CH2-].[Cl-].[Cl-].[Hf]. The largest absolute Gasteiger partial charge is 1.00 e. The van der Waals surface area contributed by atoms with Crippen LogP contribution >= 0.6 is 0 Å². The van der Waals surface area contributed by atoms with E-state index in [4.69, 9.17) is 0 Å². The molecule has 0 nitrogen and oxygen atoms in total. The number of rotatable bonds is 2. The van der Waals surface area contributed by atoms with Crippen molar-refractivity contribution in [3.8, 4) is 22.3 Å². The first-order chi connectivity index (χ1) is 21.1. The van der Waals surface area contributed by atoms with Crippen LogP contribution in [0.15, 0.2) is 146 Å². The maximum absolute atomic E-state index is 3.38. The van der Waals surface area contributed by atoms with E-state index in [-0.39, 0.29) is 50.7 Å². The van der Waals surface area contributed by atoms with Crippen LogP contribution < -0.4 is 24.8 Å². The van der Waals surface area contributed by atoms with Gasteiger partial charge in [-0.1, -0.05) is 122 Å². The van der Waals surface area contributed by atoms with Crippen LogP contribution in [0.3, 0.4) is 0 Å². The van der Waals surface area contributed by atoms with Crippen LogP contribution in [0.5, 0.6) is 0 Å². The van der Waals surface area contributed by atoms with Gasteiger partial charge in [-0.15, -0.1) is 69.1 Å². The number of hydrogen-bond donors (Lipinski definition) is 0. The van der Waals surface area contributed by atoms with E-state index in [1.807, 2.05) is 0 Å². The Morgan fingerprint density at radius 3 is 1.13 bits per heavy atom. The monoisotopic (exact) mass is 802 g/mol. The third-order valence-electron chi connectivity index (χ3n) is 7.95. The van der Waals surface area contributed by atoms with Crippen LogP contribution in [0, 0.1) is 27.7 Å². The van der Waals surface area contributed by atoms with Gasteiger partial charge in [-0.25, -0.2) is 0 Å². The molecule has 0 radical (unpaired) electrons. The zero-order chi connectivity index (χ0) is 29.8. The second kappa shape index (κ2) is 16.9. The summed E-state index contributed by atoms with van der Waals surface area (Å²) in [4.78, 5) is 0. The number of hydrogen-bond acceptors (Lipinski definition) is 0. The molecule has 0 aliphatic heterocycles. The average molecular weight is 802 g/mol. The van der Waals surface area contributed by atoms with Crippen LogP contribution in [0.4, 0.5) is 0 Å². The molecule has 0 amide bonds. The molecule has 0 fully saturated rings. The van der Waals surface area contributed by atoms with Crippen LogP contribution in [0.25, 0.3) is 65.3 Å². The normalized spacial score (nSPS) is 10.2. The fourth-order valence-corrected chi connectivity index (χ4v) is 6.16. The van der Waals surface area contributed by atoms with Gasteiger partial charge in [0.1, 0.15) is 0 Å². The fourth-order valence-electron chi connectivity index (χ4n) is 6.16. The van der Waals surface area contributed by atoms with Crippen LogP contribution in [-0.2, 0) is 25.8 Å². The molecule has 0 saturated carbocycles. The Labute approximate surface area is 304 Å². The van der Waals surface area contributed by atoms with Gasteiger partial charge in [0.2, 0.25) is 0 Å². The summed E-state index contributed by atoms with van der Waals surface area (Å²) >= 11 is 0. The number of benzene rings is 6. The summed E-state index contributed by atoms with van der Waals surface area (Å²) in [6.07, 6.45) is 0.750. The zero-order valence-corrected chi connectivity index (χ0v) is 31.3. The Balaban J connectivity index is 0.000000218. The molecule has 46 heavy (non-hydrogen) atoms. The summed E-state index contributed by atoms with van der Waals surface area (Å²) in [5, 5.41) is 10.6. The van der Waals surface area contributed by atoms with Gasteiger partial charge in [0, 0.05) is 25.8 Å². The van der Waals surface area contributed by atoms with Crippen molar-refractivity contribution < 1.29 is 50.7 Å². The molecular weight excluding hydrogens is 766 g/mol. The van der Waals surface area contributed by atoms with E-state index >= 15 is 0 Å². The van der Waals surface area contributed by atoms with E-state index in [2.05, 4.69) is 173 Å². The van der Waals surface area contributed by atoms with Crippen molar-refractivity contribution in [2.24, 2.45) is 0 Å². The van der Waals surface area contributed by atoms with Crippen LogP contribution in [-0.4, -0.2) is 0 Å². The minimum absolute atomic E-state index is 0. The molecule has 8 rings (SSSR count). The summed E-state index contributed by atoms with van der Waals surface area (Å²) in [7, 11) is 0. The Bertz CT molecular complexity index is 2000. The van der Waals surface area contributed by atoms with Crippen molar-refractivity contribution in [2.75, 3.05) is 0 Å². The van der Waals surface area contributed by atoms with Crippen LogP contribution in [0.2, 0.25) is 0 Å². The third-order valence-corrected chi connectivity index (χ3v) is 7.95. The van der Waals surface area contributed by atoms with Gasteiger partial charge in [-0.05, 0) is 32.7 Å². The summed E-state index contributed by atoms with van der Waals surface area (Å²) in [6, 6.07) is 52.5. The summed E-state index contributed by atoms with van der Waals surface area (Å²) in [5.41, 5.74) is 7.94. The third kappa shape index (κ3) is 7.72.